The molecule has 4 N–H and O–H groups in total. The highest BCUT2D eigenvalue weighted by molar-refractivity contribution is 5.99. The van der Waals surface area contributed by atoms with Gasteiger partial charge in [-0.2, -0.15) is 0 Å². The van der Waals surface area contributed by atoms with Crippen LogP contribution in [0.25, 0.3) is 0 Å². The summed E-state index contributed by atoms with van der Waals surface area (Å²) in [4.78, 5) is 57.6. The molecule has 2 unspecified atom stereocenters. The molecule has 2 fully saturated rings. The van der Waals surface area contributed by atoms with E-state index in [1.165, 1.54) is 36.8 Å². The molecule has 0 bridgehead atoms. The predicted octanol–water partition coefficient (Wildman–Crippen LogP) is 3.72. The van der Waals surface area contributed by atoms with Gasteiger partial charge in [0, 0.05) is 44.6 Å². The highest BCUT2D eigenvalue weighted by Gasteiger charge is 2.37. The standard InChI is InChI=1S/C36H47N5O4/c37-18-16-31(35(44)38-30-13-12-24-10-5-11-26(24)20-30)39-36(45)32-21-27-7-2-4-9-29(27)23-41(32)34(43)15-14-33(42)40-19-17-25-6-1-3-8-28(25)22-40/h2,4,7,9,12-13,20,25,28,31-32H,1,3,5-6,8,10-11,14-19,21-23,37H2,(H,38,44)(H,39,45)/t25?,28?,31-,32-/m0/s1. The van der Waals surface area contributed by atoms with Crippen LogP contribution in [0.2, 0.25) is 0 Å². The van der Waals surface area contributed by atoms with Crippen LogP contribution in [-0.2, 0) is 45.0 Å². The van der Waals surface area contributed by atoms with E-state index in [0.29, 0.717) is 18.0 Å². The minimum atomic E-state index is -0.839. The summed E-state index contributed by atoms with van der Waals surface area (Å²) in [7, 11) is 0. The monoisotopic (exact) mass is 613 g/mol. The van der Waals surface area contributed by atoms with Crippen LogP contribution in [-0.4, -0.2) is 65.1 Å². The molecule has 45 heavy (non-hydrogen) atoms. The van der Waals surface area contributed by atoms with Crippen LogP contribution in [0.15, 0.2) is 42.5 Å². The van der Waals surface area contributed by atoms with E-state index in [1.807, 2.05) is 41.3 Å². The van der Waals surface area contributed by atoms with Crippen LogP contribution in [0.1, 0.15) is 80.0 Å². The van der Waals surface area contributed by atoms with Crippen LogP contribution in [0.4, 0.5) is 5.69 Å². The Bertz CT molecular complexity index is 1430. The Kier molecular flexibility index (Phi) is 9.83. The SMILES string of the molecule is NCC[C@H](NC(=O)[C@@H]1Cc2ccccc2CN1C(=O)CCC(=O)N1CCC2CCCCC2C1)C(=O)Nc1ccc2c(c1)CCC2. The molecule has 1 saturated carbocycles. The topological polar surface area (TPSA) is 125 Å². The van der Waals surface area contributed by atoms with Crippen molar-refractivity contribution in [3.63, 3.8) is 0 Å². The molecular weight excluding hydrogens is 566 g/mol. The van der Waals surface area contributed by atoms with Gasteiger partial charge in [-0.3, -0.25) is 19.2 Å². The summed E-state index contributed by atoms with van der Waals surface area (Å²) in [5.74, 6) is 0.413. The number of likely N-dealkylation sites (tertiary alicyclic amines) is 1. The van der Waals surface area contributed by atoms with Gasteiger partial charge in [-0.1, -0.05) is 49.6 Å². The number of fused-ring (bicyclic) bond motifs is 3. The van der Waals surface area contributed by atoms with Gasteiger partial charge in [0.25, 0.3) is 0 Å². The average molecular weight is 614 g/mol. The smallest absolute Gasteiger partial charge is 0.246 e. The molecule has 9 heteroatoms. The Hall–Kier alpha value is -3.72. The number of anilines is 1. The minimum Gasteiger partial charge on any atom is -0.342 e. The fraction of sp³-hybridized carbons (Fsp3) is 0.556. The summed E-state index contributed by atoms with van der Waals surface area (Å²) in [6, 6.07) is 12.2. The molecule has 2 aromatic rings. The van der Waals surface area contributed by atoms with Gasteiger partial charge >= 0.3 is 0 Å². The van der Waals surface area contributed by atoms with Crippen LogP contribution in [0.3, 0.4) is 0 Å². The van der Waals surface area contributed by atoms with Gasteiger partial charge in [0.1, 0.15) is 12.1 Å². The zero-order valence-electron chi connectivity index (χ0n) is 26.3. The Morgan fingerprint density at radius 1 is 0.844 bits per heavy atom. The summed E-state index contributed by atoms with van der Waals surface area (Å²) >= 11 is 0. The number of benzene rings is 2. The highest BCUT2D eigenvalue weighted by Crippen LogP contribution is 2.36. The van der Waals surface area contributed by atoms with Gasteiger partial charge in [-0.25, -0.2) is 0 Å². The van der Waals surface area contributed by atoms with Crippen LogP contribution < -0.4 is 16.4 Å². The molecule has 0 radical (unpaired) electrons. The second kappa shape index (κ2) is 14.1. The van der Waals surface area contributed by atoms with E-state index < -0.39 is 12.1 Å². The normalized spacial score (nSPS) is 22.9. The van der Waals surface area contributed by atoms with Crippen molar-refractivity contribution < 1.29 is 19.2 Å². The lowest BCUT2D eigenvalue weighted by Gasteiger charge is -2.41. The number of nitrogens with one attached hydrogen (secondary N) is 2. The lowest BCUT2D eigenvalue weighted by atomic mass is 9.75. The van der Waals surface area contributed by atoms with E-state index >= 15 is 0 Å². The molecule has 4 amide bonds. The Morgan fingerprint density at radius 2 is 1.60 bits per heavy atom. The summed E-state index contributed by atoms with van der Waals surface area (Å²) in [5.41, 5.74) is 11.1. The van der Waals surface area contributed by atoms with Crippen molar-refractivity contribution in [2.45, 2.75) is 95.7 Å². The van der Waals surface area contributed by atoms with E-state index in [2.05, 4.69) is 16.7 Å². The number of nitrogens with zero attached hydrogens (tertiary/aromatic N) is 2. The van der Waals surface area contributed by atoms with E-state index in [0.717, 1.165) is 55.8 Å². The lowest BCUT2D eigenvalue weighted by Crippen LogP contribution is -2.56. The molecule has 0 spiro atoms. The summed E-state index contributed by atoms with van der Waals surface area (Å²) in [5, 5.41) is 5.88. The number of hydrogen-bond acceptors (Lipinski definition) is 5. The first-order valence-electron chi connectivity index (χ1n) is 17.0. The maximum Gasteiger partial charge on any atom is 0.246 e. The van der Waals surface area contributed by atoms with Gasteiger partial charge in [0.15, 0.2) is 0 Å². The van der Waals surface area contributed by atoms with E-state index in [1.54, 1.807) is 4.90 Å². The van der Waals surface area contributed by atoms with Crippen LogP contribution >= 0.6 is 0 Å². The zero-order chi connectivity index (χ0) is 31.3. The molecule has 1 saturated heterocycles. The number of nitrogens with two attached hydrogens (primary N) is 1. The van der Waals surface area contributed by atoms with Crippen molar-refractivity contribution in [1.29, 1.82) is 0 Å². The first kappa shape index (κ1) is 31.3. The van der Waals surface area contributed by atoms with E-state index in [4.69, 9.17) is 5.73 Å². The molecule has 4 aliphatic rings. The lowest BCUT2D eigenvalue weighted by molar-refractivity contribution is -0.144. The molecule has 4 atom stereocenters. The van der Waals surface area contributed by atoms with Crippen molar-refractivity contribution in [1.82, 2.24) is 15.1 Å². The quantitative estimate of drug-likeness (QED) is 0.398. The van der Waals surface area contributed by atoms with Crippen molar-refractivity contribution in [2.24, 2.45) is 17.6 Å². The summed E-state index contributed by atoms with van der Waals surface area (Å²) in [6.07, 6.45) is 10.0. The molecule has 2 aliphatic carbocycles. The van der Waals surface area contributed by atoms with Crippen molar-refractivity contribution >= 4 is 29.3 Å². The minimum absolute atomic E-state index is 0.0250. The first-order chi connectivity index (χ1) is 21.9. The Morgan fingerprint density at radius 3 is 2.42 bits per heavy atom. The molecule has 2 aromatic carbocycles. The number of rotatable bonds is 9. The molecular formula is C36H47N5O4. The number of aryl methyl sites for hydroxylation is 2. The average Bonchev–Trinajstić information content (AvgIpc) is 3.54. The fourth-order valence-corrected chi connectivity index (χ4v) is 7.94. The van der Waals surface area contributed by atoms with Gasteiger partial charge in [0.2, 0.25) is 23.6 Å². The number of carbonyl (C=O) groups is 4. The molecule has 240 valence electrons. The van der Waals surface area contributed by atoms with Crippen LogP contribution in [0, 0.1) is 11.8 Å². The fourth-order valence-electron chi connectivity index (χ4n) is 7.94. The third-order valence-corrected chi connectivity index (χ3v) is 10.5. The Balaban J connectivity index is 1.11. The second-order valence-corrected chi connectivity index (χ2v) is 13.4. The zero-order valence-corrected chi connectivity index (χ0v) is 26.3. The molecule has 6 rings (SSSR count). The van der Waals surface area contributed by atoms with Gasteiger partial charge in [-0.05, 0) is 91.3 Å². The van der Waals surface area contributed by atoms with Gasteiger partial charge < -0.3 is 26.2 Å². The van der Waals surface area contributed by atoms with E-state index in [-0.39, 0.29) is 56.0 Å². The largest absolute Gasteiger partial charge is 0.342 e. The number of carbonyl (C=O) groups excluding carboxylic acids is 4. The van der Waals surface area contributed by atoms with Gasteiger partial charge in [-0.15, -0.1) is 0 Å². The maximum absolute atomic E-state index is 13.8. The molecule has 2 aliphatic heterocycles. The number of hydrogen-bond donors (Lipinski definition) is 3. The molecule has 2 heterocycles. The second-order valence-electron chi connectivity index (χ2n) is 13.4. The third kappa shape index (κ3) is 7.24. The van der Waals surface area contributed by atoms with E-state index in [9.17, 15) is 19.2 Å². The van der Waals surface area contributed by atoms with Crippen molar-refractivity contribution in [2.75, 3.05) is 25.0 Å². The van der Waals surface area contributed by atoms with Crippen molar-refractivity contribution in [3.8, 4) is 0 Å². The number of piperidine rings is 1. The molecule has 0 aromatic heterocycles. The Labute approximate surface area is 266 Å². The predicted molar refractivity (Wildman–Crippen MR) is 173 cm³/mol. The first-order valence-corrected chi connectivity index (χ1v) is 17.0. The highest BCUT2D eigenvalue weighted by atomic mass is 16.2. The van der Waals surface area contributed by atoms with Gasteiger partial charge in [0.05, 0.1) is 0 Å². The van der Waals surface area contributed by atoms with Crippen molar-refractivity contribution in [3.05, 3.63) is 64.7 Å². The number of amides is 4. The maximum atomic E-state index is 13.8. The summed E-state index contributed by atoms with van der Waals surface area (Å²) in [6.45, 7) is 2.08. The third-order valence-electron chi connectivity index (χ3n) is 10.5. The molecule has 9 nitrogen and oxygen atoms in total. The summed E-state index contributed by atoms with van der Waals surface area (Å²) < 4.78 is 0. The van der Waals surface area contributed by atoms with Crippen LogP contribution in [0.5, 0.6) is 0 Å².